The summed E-state index contributed by atoms with van der Waals surface area (Å²) in [5.74, 6) is 0.510. The molecule has 0 aliphatic carbocycles. The van der Waals surface area contributed by atoms with Crippen molar-refractivity contribution in [3.63, 3.8) is 0 Å². The summed E-state index contributed by atoms with van der Waals surface area (Å²) < 4.78 is 7.58. The number of anilines is 1. The van der Waals surface area contributed by atoms with Crippen LogP contribution in [-0.4, -0.2) is 9.38 Å². The van der Waals surface area contributed by atoms with E-state index in [1.54, 1.807) is 29.5 Å². The molecule has 2 N–H and O–H groups in total. The summed E-state index contributed by atoms with van der Waals surface area (Å²) in [6.07, 6.45) is 3.89. The normalized spacial score (nSPS) is 10.9. The average molecular weight is 280 g/mol. The van der Waals surface area contributed by atoms with Crippen molar-refractivity contribution in [2.45, 2.75) is 6.61 Å². The van der Waals surface area contributed by atoms with E-state index in [-0.39, 0.29) is 0 Å². The van der Waals surface area contributed by atoms with E-state index in [9.17, 15) is 0 Å². The maximum atomic E-state index is 6.02. The molecule has 2 heterocycles. The molecule has 92 valence electrons. The number of para-hydroxylation sites is 1. The van der Waals surface area contributed by atoms with Gasteiger partial charge >= 0.3 is 0 Å². The summed E-state index contributed by atoms with van der Waals surface area (Å²) in [5.41, 5.74) is 7.19. The van der Waals surface area contributed by atoms with E-state index in [2.05, 4.69) is 4.98 Å². The van der Waals surface area contributed by atoms with Crippen LogP contribution in [0.5, 0.6) is 5.75 Å². The Morgan fingerprint density at radius 2 is 2.33 bits per heavy atom. The summed E-state index contributed by atoms with van der Waals surface area (Å²) in [5, 5.41) is 2.50. The van der Waals surface area contributed by atoms with E-state index >= 15 is 0 Å². The predicted octanol–water partition coefficient (Wildman–Crippen LogP) is 3.21. The molecule has 0 bridgehead atoms. The number of fused-ring (bicyclic) bond motifs is 1. The first kappa shape index (κ1) is 11.4. The first-order chi connectivity index (χ1) is 8.74. The molecular weight excluding hydrogens is 270 g/mol. The summed E-state index contributed by atoms with van der Waals surface area (Å²) in [7, 11) is 0. The van der Waals surface area contributed by atoms with Crippen LogP contribution in [0.3, 0.4) is 0 Å². The Bertz CT molecular complexity index is 643. The number of imidazole rings is 1. The Morgan fingerprint density at radius 3 is 3.11 bits per heavy atom. The molecule has 0 atom stereocenters. The number of rotatable bonds is 3. The molecule has 0 aliphatic heterocycles. The minimum absolute atomic E-state index is 0.350. The van der Waals surface area contributed by atoms with E-state index in [0.717, 1.165) is 10.7 Å². The van der Waals surface area contributed by atoms with Gasteiger partial charge in [-0.3, -0.25) is 4.40 Å². The zero-order chi connectivity index (χ0) is 12.5. The highest BCUT2D eigenvalue weighted by Crippen LogP contribution is 2.31. The van der Waals surface area contributed by atoms with E-state index in [1.807, 2.05) is 22.2 Å². The van der Waals surface area contributed by atoms with Crippen molar-refractivity contribution >= 4 is 33.6 Å². The molecule has 4 nitrogen and oxygen atoms in total. The smallest absolute Gasteiger partial charge is 0.193 e. The maximum Gasteiger partial charge on any atom is 0.193 e. The zero-order valence-electron chi connectivity index (χ0n) is 9.34. The zero-order valence-corrected chi connectivity index (χ0v) is 10.9. The number of benzene rings is 1. The largest absolute Gasteiger partial charge is 0.483 e. The van der Waals surface area contributed by atoms with Crippen molar-refractivity contribution in [3.8, 4) is 5.75 Å². The summed E-state index contributed by atoms with van der Waals surface area (Å²) >= 11 is 7.61. The number of nitrogen functional groups attached to an aromatic ring is 1. The van der Waals surface area contributed by atoms with Gasteiger partial charge in [0.2, 0.25) is 0 Å². The minimum atomic E-state index is 0.350. The number of aromatic nitrogens is 2. The summed E-state index contributed by atoms with van der Waals surface area (Å²) in [6, 6.07) is 5.29. The molecule has 1 aromatic carbocycles. The lowest BCUT2D eigenvalue weighted by molar-refractivity contribution is 0.304. The van der Waals surface area contributed by atoms with Gasteiger partial charge in [0.1, 0.15) is 6.61 Å². The first-order valence-electron chi connectivity index (χ1n) is 5.32. The molecule has 0 fully saturated rings. The van der Waals surface area contributed by atoms with Gasteiger partial charge in [-0.05, 0) is 12.1 Å². The lowest BCUT2D eigenvalue weighted by atomic mass is 10.3. The maximum absolute atomic E-state index is 6.02. The Kier molecular flexibility index (Phi) is 2.85. The van der Waals surface area contributed by atoms with Crippen LogP contribution in [0.4, 0.5) is 5.69 Å². The Balaban J connectivity index is 1.80. The van der Waals surface area contributed by atoms with Crippen LogP contribution >= 0.6 is 22.9 Å². The molecule has 18 heavy (non-hydrogen) atoms. The van der Waals surface area contributed by atoms with Gasteiger partial charge in [0.25, 0.3) is 0 Å². The highest BCUT2D eigenvalue weighted by molar-refractivity contribution is 7.15. The van der Waals surface area contributed by atoms with Crippen molar-refractivity contribution in [2.75, 3.05) is 5.73 Å². The van der Waals surface area contributed by atoms with Crippen molar-refractivity contribution in [3.05, 3.63) is 46.7 Å². The van der Waals surface area contributed by atoms with Crippen LogP contribution in [-0.2, 0) is 6.61 Å². The molecule has 0 spiro atoms. The van der Waals surface area contributed by atoms with Gasteiger partial charge in [0.15, 0.2) is 10.7 Å². The van der Waals surface area contributed by atoms with Crippen molar-refractivity contribution < 1.29 is 4.74 Å². The number of thiazole rings is 1. The minimum Gasteiger partial charge on any atom is -0.483 e. The van der Waals surface area contributed by atoms with Gasteiger partial charge in [0, 0.05) is 17.8 Å². The van der Waals surface area contributed by atoms with Gasteiger partial charge < -0.3 is 10.5 Å². The predicted molar refractivity (Wildman–Crippen MR) is 73.3 cm³/mol. The van der Waals surface area contributed by atoms with Gasteiger partial charge in [-0.25, -0.2) is 4.98 Å². The molecule has 2 aromatic heterocycles. The highest BCUT2D eigenvalue weighted by Gasteiger charge is 2.08. The van der Waals surface area contributed by atoms with Crippen LogP contribution in [0.15, 0.2) is 36.0 Å². The van der Waals surface area contributed by atoms with Crippen LogP contribution in [0, 0.1) is 0 Å². The van der Waals surface area contributed by atoms with E-state index in [0.29, 0.717) is 23.1 Å². The van der Waals surface area contributed by atoms with Gasteiger partial charge in [-0.2, -0.15) is 0 Å². The topological polar surface area (TPSA) is 52.5 Å². The van der Waals surface area contributed by atoms with Gasteiger partial charge in [-0.1, -0.05) is 17.7 Å². The third-order valence-electron chi connectivity index (χ3n) is 2.50. The third kappa shape index (κ3) is 2.02. The molecule has 0 saturated heterocycles. The molecule has 3 aromatic rings. The van der Waals surface area contributed by atoms with Crippen LogP contribution < -0.4 is 10.5 Å². The quantitative estimate of drug-likeness (QED) is 0.749. The SMILES string of the molecule is Nc1cccc(Cl)c1OCc1cn2ccsc2n1. The molecule has 0 amide bonds. The molecule has 0 saturated carbocycles. The number of hydrogen-bond acceptors (Lipinski definition) is 4. The fourth-order valence-electron chi connectivity index (χ4n) is 1.67. The molecule has 0 aliphatic rings. The lowest BCUT2D eigenvalue weighted by Gasteiger charge is -2.08. The Hall–Kier alpha value is -1.72. The summed E-state index contributed by atoms with van der Waals surface area (Å²) in [6.45, 7) is 0.350. The standard InChI is InChI=1S/C12H10ClN3OS/c13-9-2-1-3-10(14)11(9)17-7-8-6-16-4-5-18-12(16)15-8/h1-6H,7,14H2. The Morgan fingerprint density at radius 1 is 1.44 bits per heavy atom. The average Bonchev–Trinajstić information content (AvgIpc) is 2.88. The van der Waals surface area contributed by atoms with E-state index in [4.69, 9.17) is 22.1 Å². The van der Waals surface area contributed by atoms with Crippen LogP contribution in [0.1, 0.15) is 5.69 Å². The van der Waals surface area contributed by atoms with Crippen LogP contribution in [0.25, 0.3) is 4.96 Å². The van der Waals surface area contributed by atoms with E-state index < -0.39 is 0 Å². The molecule has 6 heteroatoms. The van der Waals surface area contributed by atoms with Gasteiger partial charge in [0.05, 0.1) is 16.4 Å². The van der Waals surface area contributed by atoms with Crippen LogP contribution in [0.2, 0.25) is 5.02 Å². The Labute approximate surface area is 113 Å². The fourth-order valence-corrected chi connectivity index (χ4v) is 2.62. The number of halogens is 1. The summed E-state index contributed by atoms with van der Waals surface area (Å²) in [4.78, 5) is 5.36. The second kappa shape index (κ2) is 4.51. The van der Waals surface area contributed by atoms with Crippen molar-refractivity contribution in [2.24, 2.45) is 0 Å². The van der Waals surface area contributed by atoms with E-state index in [1.165, 1.54) is 0 Å². The highest BCUT2D eigenvalue weighted by atomic mass is 35.5. The number of hydrogen-bond donors (Lipinski definition) is 1. The number of nitrogens with zero attached hydrogens (tertiary/aromatic N) is 2. The number of nitrogens with two attached hydrogens (primary N) is 1. The molecule has 3 rings (SSSR count). The third-order valence-corrected chi connectivity index (χ3v) is 3.57. The second-order valence-electron chi connectivity index (χ2n) is 3.77. The van der Waals surface area contributed by atoms with Crippen molar-refractivity contribution in [1.29, 1.82) is 0 Å². The lowest BCUT2D eigenvalue weighted by Crippen LogP contribution is -1.99. The fraction of sp³-hybridized carbons (Fsp3) is 0.0833. The monoisotopic (exact) mass is 279 g/mol. The molecule has 0 unspecified atom stereocenters. The second-order valence-corrected chi connectivity index (χ2v) is 5.05. The number of ether oxygens (including phenoxy) is 1. The molecule has 0 radical (unpaired) electrons. The van der Waals surface area contributed by atoms with Crippen molar-refractivity contribution in [1.82, 2.24) is 9.38 Å². The van der Waals surface area contributed by atoms with Gasteiger partial charge in [-0.15, -0.1) is 11.3 Å². The molecular formula is C12H10ClN3OS. The first-order valence-corrected chi connectivity index (χ1v) is 6.57.